The Morgan fingerprint density at radius 2 is 2.25 bits per heavy atom. The van der Waals surface area contributed by atoms with E-state index < -0.39 is 12.1 Å². The van der Waals surface area contributed by atoms with Gasteiger partial charge in [0, 0.05) is 0 Å². The topological polar surface area (TPSA) is 67.9 Å². The summed E-state index contributed by atoms with van der Waals surface area (Å²) in [6.07, 6.45) is 1.24. The van der Waals surface area contributed by atoms with Gasteiger partial charge in [0.1, 0.15) is 19.3 Å². The molecule has 20 heavy (non-hydrogen) atoms. The quantitative estimate of drug-likeness (QED) is 0.889. The summed E-state index contributed by atoms with van der Waals surface area (Å²) in [6.45, 7) is 0.308. The highest BCUT2D eigenvalue weighted by Crippen LogP contribution is 2.11. The minimum atomic E-state index is -0.676. The standard InChI is InChI=1S/C13H16N2O4S/c1-20-9-15-12(16)11(8-19-15)14-13(17)18-7-10-5-3-2-4-6-10/h2-6,11H,7-9H2,1H3,(H,14,17). The summed E-state index contributed by atoms with van der Waals surface area (Å²) in [6, 6.07) is 8.66. The second kappa shape index (κ2) is 7.16. The normalized spacial score (nSPS) is 18.1. The summed E-state index contributed by atoms with van der Waals surface area (Å²) in [4.78, 5) is 28.6. The third-order valence-corrected chi connectivity index (χ3v) is 3.18. The van der Waals surface area contributed by atoms with Crippen LogP contribution in [0.2, 0.25) is 0 Å². The van der Waals surface area contributed by atoms with Crippen LogP contribution < -0.4 is 5.32 Å². The van der Waals surface area contributed by atoms with E-state index in [-0.39, 0.29) is 19.1 Å². The van der Waals surface area contributed by atoms with Crippen LogP contribution >= 0.6 is 11.8 Å². The third kappa shape index (κ3) is 3.88. The van der Waals surface area contributed by atoms with E-state index in [2.05, 4.69) is 5.32 Å². The van der Waals surface area contributed by atoms with E-state index in [0.717, 1.165) is 5.56 Å². The van der Waals surface area contributed by atoms with Crippen LogP contribution in [0.4, 0.5) is 4.79 Å². The molecule has 108 valence electrons. The number of carbonyl (C=O) groups excluding carboxylic acids is 2. The lowest BCUT2D eigenvalue weighted by Gasteiger charge is -2.13. The molecule has 2 rings (SSSR count). The highest BCUT2D eigenvalue weighted by atomic mass is 32.2. The maximum absolute atomic E-state index is 11.8. The molecule has 1 saturated heterocycles. The highest BCUT2D eigenvalue weighted by molar-refractivity contribution is 7.98. The molecule has 2 amide bonds. The van der Waals surface area contributed by atoms with Crippen LogP contribution in [0.5, 0.6) is 0 Å². The molecule has 0 saturated carbocycles. The van der Waals surface area contributed by atoms with Gasteiger partial charge in [-0.3, -0.25) is 9.63 Å². The Hall–Kier alpha value is -1.73. The molecule has 1 fully saturated rings. The maximum atomic E-state index is 11.8. The maximum Gasteiger partial charge on any atom is 0.408 e. The first-order valence-corrected chi connectivity index (χ1v) is 7.50. The van der Waals surface area contributed by atoms with Crippen molar-refractivity contribution in [2.45, 2.75) is 12.6 Å². The lowest BCUT2D eigenvalue weighted by atomic mass is 10.2. The van der Waals surface area contributed by atoms with Gasteiger partial charge in [0.15, 0.2) is 0 Å². The zero-order chi connectivity index (χ0) is 14.4. The fraction of sp³-hybridized carbons (Fsp3) is 0.385. The van der Waals surface area contributed by atoms with Crippen LogP contribution in [-0.4, -0.2) is 41.8 Å². The lowest BCUT2D eigenvalue weighted by Crippen LogP contribution is -2.42. The Morgan fingerprint density at radius 1 is 1.50 bits per heavy atom. The summed E-state index contributed by atoms with van der Waals surface area (Å²) in [5.41, 5.74) is 0.889. The molecule has 0 bridgehead atoms. The minimum Gasteiger partial charge on any atom is -0.445 e. The van der Waals surface area contributed by atoms with Crippen LogP contribution in [0.1, 0.15) is 5.56 Å². The molecule has 0 radical (unpaired) electrons. The molecule has 1 aromatic carbocycles. The molecule has 1 aromatic rings. The van der Waals surface area contributed by atoms with Crippen molar-refractivity contribution < 1.29 is 19.2 Å². The van der Waals surface area contributed by atoms with Crippen molar-refractivity contribution in [1.82, 2.24) is 10.4 Å². The van der Waals surface area contributed by atoms with Crippen molar-refractivity contribution in [3.05, 3.63) is 35.9 Å². The summed E-state index contributed by atoms with van der Waals surface area (Å²) in [7, 11) is 0. The van der Waals surface area contributed by atoms with Crippen molar-refractivity contribution >= 4 is 23.8 Å². The molecule has 0 spiro atoms. The molecule has 7 heteroatoms. The van der Waals surface area contributed by atoms with Gasteiger partial charge in [0.2, 0.25) is 0 Å². The molecule has 1 unspecified atom stereocenters. The Bertz CT molecular complexity index is 469. The van der Waals surface area contributed by atoms with Gasteiger partial charge in [-0.15, -0.1) is 11.8 Å². The fourth-order valence-corrected chi connectivity index (χ4v) is 2.14. The van der Waals surface area contributed by atoms with Crippen LogP contribution in [0.15, 0.2) is 30.3 Å². The molecule has 6 nitrogen and oxygen atoms in total. The number of hydrogen-bond acceptors (Lipinski definition) is 5. The van der Waals surface area contributed by atoms with Crippen molar-refractivity contribution in [2.24, 2.45) is 0 Å². The van der Waals surface area contributed by atoms with Crippen molar-refractivity contribution in [3.8, 4) is 0 Å². The number of carbonyl (C=O) groups is 2. The number of benzene rings is 1. The number of ether oxygens (including phenoxy) is 1. The summed E-state index contributed by atoms with van der Waals surface area (Å²) in [5.74, 6) is 0.187. The van der Waals surface area contributed by atoms with Gasteiger partial charge in [-0.2, -0.15) is 0 Å². The van der Waals surface area contributed by atoms with Crippen molar-refractivity contribution in [1.29, 1.82) is 0 Å². The van der Waals surface area contributed by atoms with Gasteiger partial charge >= 0.3 is 6.09 Å². The average molecular weight is 296 g/mol. The summed E-state index contributed by atoms with van der Waals surface area (Å²) < 4.78 is 5.05. The predicted octanol–water partition coefficient (Wildman–Crippen LogP) is 1.38. The third-order valence-electron chi connectivity index (χ3n) is 2.69. The van der Waals surface area contributed by atoms with E-state index in [0.29, 0.717) is 5.88 Å². The van der Waals surface area contributed by atoms with E-state index in [9.17, 15) is 9.59 Å². The van der Waals surface area contributed by atoms with Gasteiger partial charge in [-0.1, -0.05) is 30.3 Å². The Kier molecular flexibility index (Phi) is 5.25. The molecule has 1 heterocycles. The van der Waals surface area contributed by atoms with E-state index >= 15 is 0 Å². The Morgan fingerprint density at radius 3 is 2.95 bits per heavy atom. The van der Waals surface area contributed by atoms with Gasteiger partial charge in [0.05, 0.1) is 5.88 Å². The van der Waals surface area contributed by atoms with Gasteiger partial charge < -0.3 is 10.1 Å². The Labute approximate surface area is 121 Å². The smallest absolute Gasteiger partial charge is 0.408 e. The van der Waals surface area contributed by atoms with E-state index in [1.165, 1.54) is 16.8 Å². The fourth-order valence-electron chi connectivity index (χ4n) is 1.70. The first-order valence-electron chi connectivity index (χ1n) is 6.11. The largest absolute Gasteiger partial charge is 0.445 e. The summed E-state index contributed by atoms with van der Waals surface area (Å²) >= 11 is 1.47. The van der Waals surface area contributed by atoms with Crippen LogP contribution in [0.25, 0.3) is 0 Å². The first kappa shape index (κ1) is 14.7. The van der Waals surface area contributed by atoms with Crippen molar-refractivity contribution in [3.63, 3.8) is 0 Å². The number of hydroxylamine groups is 2. The Balaban J connectivity index is 1.76. The average Bonchev–Trinajstić information content (AvgIpc) is 2.80. The number of thioether (sulfide) groups is 1. The number of nitrogens with zero attached hydrogens (tertiary/aromatic N) is 1. The molecule has 1 aliphatic rings. The number of hydrogen-bond donors (Lipinski definition) is 1. The highest BCUT2D eigenvalue weighted by Gasteiger charge is 2.34. The minimum absolute atomic E-state index is 0.139. The molecule has 0 aromatic heterocycles. The van der Waals surface area contributed by atoms with Gasteiger partial charge in [-0.25, -0.2) is 9.86 Å². The predicted molar refractivity (Wildman–Crippen MR) is 74.7 cm³/mol. The zero-order valence-electron chi connectivity index (χ0n) is 11.1. The van der Waals surface area contributed by atoms with Gasteiger partial charge in [0.25, 0.3) is 5.91 Å². The second-order valence-corrected chi connectivity index (χ2v) is 5.02. The lowest BCUT2D eigenvalue weighted by molar-refractivity contribution is -0.156. The first-order chi connectivity index (χ1) is 9.70. The van der Waals surface area contributed by atoms with Crippen LogP contribution in [0.3, 0.4) is 0 Å². The van der Waals surface area contributed by atoms with E-state index in [4.69, 9.17) is 9.57 Å². The van der Waals surface area contributed by atoms with Gasteiger partial charge in [-0.05, 0) is 11.8 Å². The van der Waals surface area contributed by atoms with Crippen LogP contribution in [-0.2, 0) is 21.0 Å². The summed E-state index contributed by atoms with van der Waals surface area (Å²) in [5, 5.41) is 3.74. The number of amides is 2. The number of rotatable bonds is 5. The zero-order valence-corrected chi connectivity index (χ0v) is 11.9. The molecule has 1 atom stereocenters. The van der Waals surface area contributed by atoms with E-state index in [1.54, 1.807) is 0 Å². The second-order valence-electron chi connectivity index (χ2n) is 4.19. The molecule has 1 N–H and O–H groups in total. The number of alkyl carbamates (subject to hydrolysis) is 1. The molecule has 1 aliphatic heterocycles. The van der Waals surface area contributed by atoms with Crippen molar-refractivity contribution in [2.75, 3.05) is 18.7 Å². The number of nitrogens with one attached hydrogen (secondary N) is 1. The molecular weight excluding hydrogens is 280 g/mol. The van der Waals surface area contributed by atoms with Crippen LogP contribution in [0, 0.1) is 0 Å². The monoisotopic (exact) mass is 296 g/mol. The van der Waals surface area contributed by atoms with E-state index in [1.807, 2.05) is 36.6 Å². The SMILES string of the molecule is CSCN1OCC(NC(=O)OCc2ccccc2)C1=O. The molecule has 0 aliphatic carbocycles. The molecular formula is C13H16N2O4S.